The van der Waals surface area contributed by atoms with Gasteiger partial charge >= 0.3 is 0 Å². The van der Waals surface area contributed by atoms with E-state index in [4.69, 9.17) is 4.74 Å². The van der Waals surface area contributed by atoms with Gasteiger partial charge in [0.1, 0.15) is 5.75 Å². The summed E-state index contributed by atoms with van der Waals surface area (Å²) in [4.78, 5) is 1.26. The number of ether oxygens (including phenoxy) is 1. The third kappa shape index (κ3) is 2.04. The number of hydrogen-bond donors (Lipinski definition) is 1. The first kappa shape index (κ1) is 9.87. The smallest absolute Gasteiger partial charge is 0.132 e. The molecule has 3 heteroatoms. The summed E-state index contributed by atoms with van der Waals surface area (Å²) < 4.78 is 5.33. The van der Waals surface area contributed by atoms with Crippen molar-refractivity contribution >= 4 is 11.8 Å². The quantitative estimate of drug-likeness (QED) is 0.823. The van der Waals surface area contributed by atoms with Crippen molar-refractivity contribution in [1.29, 1.82) is 0 Å². The second-order valence-corrected chi connectivity index (χ2v) is 4.89. The van der Waals surface area contributed by atoms with Crippen LogP contribution in [0.15, 0.2) is 23.1 Å². The molecule has 1 aliphatic heterocycles. The molecule has 1 aromatic carbocycles. The monoisotopic (exact) mass is 209 g/mol. The van der Waals surface area contributed by atoms with Crippen LogP contribution in [0.25, 0.3) is 0 Å². The fraction of sp³-hybridized carbons (Fsp3) is 0.455. The predicted molar refractivity (Wildman–Crippen MR) is 60.2 cm³/mol. The molecule has 0 unspecified atom stereocenters. The van der Waals surface area contributed by atoms with Gasteiger partial charge in [0.2, 0.25) is 0 Å². The zero-order valence-electron chi connectivity index (χ0n) is 8.54. The Balaban J connectivity index is 2.15. The van der Waals surface area contributed by atoms with Crippen molar-refractivity contribution in [3.63, 3.8) is 0 Å². The van der Waals surface area contributed by atoms with Gasteiger partial charge < -0.3 is 10.1 Å². The van der Waals surface area contributed by atoms with Gasteiger partial charge in [0.05, 0.1) is 7.11 Å². The topological polar surface area (TPSA) is 21.3 Å². The van der Waals surface area contributed by atoms with Crippen LogP contribution in [0.2, 0.25) is 0 Å². The Morgan fingerprint density at radius 2 is 2.21 bits per heavy atom. The number of benzene rings is 1. The van der Waals surface area contributed by atoms with Crippen LogP contribution in [-0.2, 0) is 0 Å². The third-order valence-corrected chi connectivity index (χ3v) is 3.60. The molecule has 1 aliphatic rings. The van der Waals surface area contributed by atoms with E-state index in [0.717, 1.165) is 18.8 Å². The van der Waals surface area contributed by atoms with Crippen LogP contribution in [0.4, 0.5) is 0 Å². The maximum absolute atomic E-state index is 5.33. The van der Waals surface area contributed by atoms with Crippen molar-refractivity contribution < 1.29 is 4.74 Å². The molecule has 0 saturated carbocycles. The fourth-order valence-electron chi connectivity index (χ4n) is 1.40. The van der Waals surface area contributed by atoms with Gasteiger partial charge in [-0.25, -0.2) is 0 Å². The second-order valence-electron chi connectivity index (χ2n) is 3.55. The Morgan fingerprint density at radius 3 is 2.79 bits per heavy atom. The Hall–Kier alpha value is -0.670. The summed E-state index contributed by atoms with van der Waals surface area (Å²) in [5.74, 6) is 0.993. The van der Waals surface area contributed by atoms with Gasteiger partial charge in [0, 0.05) is 23.2 Å². The Labute approximate surface area is 89.0 Å². The Morgan fingerprint density at radius 1 is 1.43 bits per heavy atom. The van der Waals surface area contributed by atoms with E-state index in [-0.39, 0.29) is 0 Å². The molecule has 0 aliphatic carbocycles. The predicted octanol–water partition coefficient (Wildman–Crippen LogP) is 2.07. The average Bonchev–Trinajstić information content (AvgIpc) is 2.12. The van der Waals surface area contributed by atoms with E-state index < -0.39 is 0 Å². The molecule has 0 aromatic heterocycles. The average molecular weight is 209 g/mol. The summed E-state index contributed by atoms with van der Waals surface area (Å²) in [6.45, 7) is 4.34. The minimum absolute atomic E-state index is 0.714. The van der Waals surface area contributed by atoms with E-state index in [0.29, 0.717) is 5.25 Å². The molecule has 0 spiro atoms. The summed E-state index contributed by atoms with van der Waals surface area (Å²) in [6, 6.07) is 6.33. The van der Waals surface area contributed by atoms with Crippen molar-refractivity contribution in [1.82, 2.24) is 5.32 Å². The molecule has 2 nitrogen and oxygen atoms in total. The minimum atomic E-state index is 0.714. The van der Waals surface area contributed by atoms with E-state index in [1.807, 2.05) is 17.8 Å². The van der Waals surface area contributed by atoms with Crippen molar-refractivity contribution in [2.24, 2.45) is 0 Å². The van der Waals surface area contributed by atoms with Crippen molar-refractivity contribution in [2.45, 2.75) is 17.1 Å². The number of methoxy groups -OCH3 is 1. The van der Waals surface area contributed by atoms with E-state index in [1.165, 1.54) is 10.5 Å². The highest BCUT2D eigenvalue weighted by Crippen LogP contribution is 2.34. The van der Waals surface area contributed by atoms with Crippen LogP contribution in [0.1, 0.15) is 5.56 Å². The molecule has 1 saturated heterocycles. The zero-order valence-corrected chi connectivity index (χ0v) is 9.36. The van der Waals surface area contributed by atoms with E-state index in [9.17, 15) is 0 Å². The lowest BCUT2D eigenvalue weighted by atomic mass is 10.2. The summed E-state index contributed by atoms with van der Waals surface area (Å²) in [6.07, 6.45) is 0. The summed E-state index contributed by atoms with van der Waals surface area (Å²) in [5.41, 5.74) is 1.29. The molecule has 0 bridgehead atoms. The molecule has 2 rings (SSSR count). The molecule has 1 aromatic rings. The van der Waals surface area contributed by atoms with E-state index in [2.05, 4.69) is 24.4 Å². The van der Waals surface area contributed by atoms with Gasteiger partial charge in [0.15, 0.2) is 0 Å². The first-order valence-electron chi connectivity index (χ1n) is 4.81. The number of rotatable bonds is 3. The van der Waals surface area contributed by atoms with E-state index >= 15 is 0 Å². The van der Waals surface area contributed by atoms with Crippen molar-refractivity contribution in [2.75, 3.05) is 20.2 Å². The number of aryl methyl sites for hydroxylation is 1. The van der Waals surface area contributed by atoms with Crippen LogP contribution >= 0.6 is 11.8 Å². The zero-order chi connectivity index (χ0) is 9.97. The maximum Gasteiger partial charge on any atom is 0.132 e. The SMILES string of the molecule is COc1ccc(C)cc1SC1CNC1. The highest BCUT2D eigenvalue weighted by Gasteiger charge is 2.19. The highest BCUT2D eigenvalue weighted by molar-refractivity contribution is 8.00. The molecular weight excluding hydrogens is 194 g/mol. The van der Waals surface area contributed by atoms with E-state index in [1.54, 1.807) is 7.11 Å². The van der Waals surface area contributed by atoms with Gasteiger partial charge in [-0.1, -0.05) is 6.07 Å². The molecule has 0 atom stereocenters. The molecular formula is C11H15NOS. The van der Waals surface area contributed by atoms with Crippen LogP contribution < -0.4 is 10.1 Å². The number of hydrogen-bond acceptors (Lipinski definition) is 3. The fourth-order valence-corrected chi connectivity index (χ4v) is 2.68. The highest BCUT2D eigenvalue weighted by atomic mass is 32.2. The maximum atomic E-state index is 5.33. The first-order chi connectivity index (χ1) is 6.79. The lowest BCUT2D eigenvalue weighted by molar-refractivity contribution is 0.404. The first-order valence-corrected chi connectivity index (χ1v) is 5.69. The molecule has 0 radical (unpaired) electrons. The largest absolute Gasteiger partial charge is 0.496 e. The van der Waals surface area contributed by atoms with Gasteiger partial charge in [0.25, 0.3) is 0 Å². The van der Waals surface area contributed by atoms with Gasteiger partial charge in [-0.15, -0.1) is 11.8 Å². The standard InChI is InChI=1S/C11H15NOS/c1-8-3-4-10(13-2)11(5-8)14-9-6-12-7-9/h3-5,9,12H,6-7H2,1-2H3. The minimum Gasteiger partial charge on any atom is -0.496 e. The van der Waals surface area contributed by atoms with Gasteiger partial charge in [-0.3, -0.25) is 0 Å². The lowest BCUT2D eigenvalue weighted by Gasteiger charge is -2.27. The van der Waals surface area contributed by atoms with Crippen molar-refractivity contribution in [3.05, 3.63) is 23.8 Å². The summed E-state index contributed by atoms with van der Waals surface area (Å²) in [7, 11) is 1.73. The van der Waals surface area contributed by atoms with Crippen LogP contribution in [0.3, 0.4) is 0 Å². The van der Waals surface area contributed by atoms with Crippen LogP contribution in [-0.4, -0.2) is 25.4 Å². The summed E-state index contributed by atoms with van der Waals surface area (Å²) >= 11 is 1.91. The number of thioether (sulfide) groups is 1. The van der Waals surface area contributed by atoms with Crippen LogP contribution in [0, 0.1) is 6.92 Å². The second kappa shape index (κ2) is 4.24. The molecule has 1 heterocycles. The van der Waals surface area contributed by atoms with Gasteiger partial charge in [-0.05, 0) is 24.6 Å². The van der Waals surface area contributed by atoms with Crippen LogP contribution in [0.5, 0.6) is 5.75 Å². The lowest BCUT2D eigenvalue weighted by Crippen LogP contribution is -2.44. The molecule has 76 valence electrons. The number of nitrogens with one attached hydrogen (secondary N) is 1. The molecule has 0 amide bonds. The molecule has 14 heavy (non-hydrogen) atoms. The molecule has 1 fully saturated rings. The Bertz CT molecular complexity index is 323. The third-order valence-electron chi connectivity index (χ3n) is 2.36. The Kier molecular flexibility index (Phi) is 2.99. The molecule has 1 N–H and O–H groups in total. The van der Waals surface area contributed by atoms with Gasteiger partial charge in [-0.2, -0.15) is 0 Å². The van der Waals surface area contributed by atoms with Crippen molar-refractivity contribution in [3.8, 4) is 5.75 Å². The normalized spacial score (nSPS) is 16.4. The summed E-state index contributed by atoms with van der Waals surface area (Å²) in [5, 5.41) is 3.99.